The molecule has 0 rings (SSSR count). The predicted molar refractivity (Wildman–Crippen MR) is 36.6 cm³/mol. The van der Waals surface area contributed by atoms with E-state index in [1.165, 1.54) is 0 Å². The predicted octanol–water partition coefficient (Wildman–Crippen LogP) is 3.58. The number of hydrogen-bond acceptors (Lipinski definition) is 1. The van der Waals surface area contributed by atoms with Crippen LogP contribution in [-0.4, -0.2) is 17.5 Å². The summed E-state index contributed by atoms with van der Waals surface area (Å²) < 4.78 is 72.5. The molecular formula is C7H8F6O. The maximum absolute atomic E-state index is 12.1. The maximum Gasteiger partial charge on any atom is 0.403 e. The van der Waals surface area contributed by atoms with Crippen LogP contribution < -0.4 is 0 Å². The summed E-state index contributed by atoms with van der Waals surface area (Å²) in [6.07, 6.45) is -12.5. The number of rotatable bonds is 2. The van der Waals surface area contributed by atoms with E-state index >= 15 is 0 Å². The van der Waals surface area contributed by atoms with Crippen molar-refractivity contribution >= 4 is 0 Å². The largest absolute Gasteiger partial charge is 0.513 e. The molecule has 0 bridgehead atoms. The van der Waals surface area contributed by atoms with Gasteiger partial charge in [-0.1, -0.05) is 6.58 Å². The lowest BCUT2D eigenvalue weighted by molar-refractivity contribution is -0.335. The van der Waals surface area contributed by atoms with Crippen molar-refractivity contribution in [3.8, 4) is 0 Å². The van der Waals surface area contributed by atoms with Gasteiger partial charge in [0.1, 0.15) is 0 Å². The summed E-state index contributed by atoms with van der Waals surface area (Å²) in [5, 5.41) is 8.42. The van der Waals surface area contributed by atoms with E-state index in [1.807, 2.05) is 0 Å². The van der Waals surface area contributed by atoms with Gasteiger partial charge in [-0.2, -0.15) is 26.3 Å². The average molecular weight is 222 g/mol. The van der Waals surface area contributed by atoms with E-state index in [0.29, 0.717) is 0 Å². The second-order valence-corrected chi connectivity index (χ2v) is 3.07. The first kappa shape index (κ1) is 13.1. The molecule has 7 heteroatoms. The fraction of sp³-hybridized carbons (Fsp3) is 0.714. The highest BCUT2D eigenvalue weighted by molar-refractivity contribution is 4.97. The lowest BCUT2D eigenvalue weighted by Crippen LogP contribution is -2.47. The molecule has 0 radical (unpaired) electrons. The van der Waals surface area contributed by atoms with Crippen LogP contribution in [0.4, 0.5) is 26.3 Å². The van der Waals surface area contributed by atoms with Crippen LogP contribution in [0.3, 0.4) is 0 Å². The zero-order valence-corrected chi connectivity index (χ0v) is 7.13. The SMILES string of the molecule is C=C(O)CC(C)(C(F)(F)F)C(F)(F)F. The summed E-state index contributed by atoms with van der Waals surface area (Å²) in [6.45, 7) is 2.60. The minimum Gasteiger partial charge on any atom is -0.513 e. The molecule has 0 aromatic carbocycles. The first-order valence-corrected chi connectivity index (χ1v) is 3.42. The van der Waals surface area contributed by atoms with E-state index in [0.717, 1.165) is 0 Å². The van der Waals surface area contributed by atoms with E-state index in [4.69, 9.17) is 5.11 Å². The highest BCUT2D eigenvalue weighted by Crippen LogP contribution is 2.53. The lowest BCUT2D eigenvalue weighted by Gasteiger charge is -2.33. The Hall–Kier alpha value is -0.880. The first-order valence-electron chi connectivity index (χ1n) is 3.42. The highest BCUT2D eigenvalue weighted by atomic mass is 19.4. The molecule has 0 amide bonds. The van der Waals surface area contributed by atoms with Gasteiger partial charge in [0.15, 0.2) is 5.41 Å². The van der Waals surface area contributed by atoms with Gasteiger partial charge in [0.05, 0.1) is 5.76 Å². The molecule has 0 aliphatic heterocycles. The monoisotopic (exact) mass is 222 g/mol. The van der Waals surface area contributed by atoms with E-state index in [1.54, 1.807) is 0 Å². The van der Waals surface area contributed by atoms with Gasteiger partial charge < -0.3 is 5.11 Å². The van der Waals surface area contributed by atoms with Gasteiger partial charge in [-0.15, -0.1) is 0 Å². The molecule has 0 spiro atoms. The van der Waals surface area contributed by atoms with Crippen molar-refractivity contribution in [2.45, 2.75) is 25.7 Å². The third-order valence-electron chi connectivity index (χ3n) is 1.81. The lowest BCUT2D eigenvalue weighted by atomic mass is 9.84. The van der Waals surface area contributed by atoms with Gasteiger partial charge in [0.2, 0.25) is 0 Å². The normalized spacial score (nSPS) is 14.2. The van der Waals surface area contributed by atoms with Crippen molar-refractivity contribution in [3.63, 3.8) is 0 Å². The molecule has 0 aromatic heterocycles. The van der Waals surface area contributed by atoms with Crippen molar-refractivity contribution < 1.29 is 31.4 Å². The summed E-state index contributed by atoms with van der Waals surface area (Å²) in [4.78, 5) is 0. The molecule has 0 fully saturated rings. The summed E-state index contributed by atoms with van der Waals surface area (Å²) >= 11 is 0. The van der Waals surface area contributed by atoms with Crippen LogP contribution in [0, 0.1) is 5.41 Å². The molecule has 84 valence electrons. The van der Waals surface area contributed by atoms with Crippen LogP contribution in [0.25, 0.3) is 0 Å². The molecule has 1 nitrogen and oxygen atoms in total. The van der Waals surface area contributed by atoms with Crippen LogP contribution in [0.5, 0.6) is 0 Å². The molecule has 0 aromatic rings. The third-order valence-corrected chi connectivity index (χ3v) is 1.81. The fourth-order valence-corrected chi connectivity index (χ4v) is 0.769. The minimum atomic E-state index is -5.48. The zero-order chi connectivity index (χ0) is 11.8. The molecule has 0 aliphatic carbocycles. The Morgan fingerprint density at radius 3 is 1.43 bits per heavy atom. The average Bonchev–Trinajstić information content (AvgIpc) is 1.79. The highest BCUT2D eigenvalue weighted by Gasteiger charge is 2.67. The van der Waals surface area contributed by atoms with Crippen molar-refractivity contribution in [2.24, 2.45) is 5.41 Å². The van der Waals surface area contributed by atoms with Crippen LogP contribution in [0.1, 0.15) is 13.3 Å². The Kier molecular flexibility index (Phi) is 3.15. The maximum atomic E-state index is 12.1. The van der Waals surface area contributed by atoms with Gasteiger partial charge in [0, 0.05) is 6.42 Å². The molecule has 0 heterocycles. The molecule has 0 unspecified atom stereocenters. The molecule has 1 N–H and O–H groups in total. The van der Waals surface area contributed by atoms with E-state index in [2.05, 4.69) is 6.58 Å². The fourth-order valence-electron chi connectivity index (χ4n) is 0.769. The molecule has 0 atom stereocenters. The summed E-state index contributed by atoms with van der Waals surface area (Å²) in [5.41, 5.74) is -3.95. The van der Waals surface area contributed by atoms with Crippen LogP contribution in [-0.2, 0) is 0 Å². The Morgan fingerprint density at radius 2 is 1.36 bits per heavy atom. The number of allylic oxidation sites excluding steroid dienone is 1. The number of halogens is 6. The molecular weight excluding hydrogens is 214 g/mol. The third kappa shape index (κ3) is 2.33. The van der Waals surface area contributed by atoms with Gasteiger partial charge in [-0.3, -0.25) is 0 Å². The second kappa shape index (κ2) is 3.36. The molecule has 14 heavy (non-hydrogen) atoms. The van der Waals surface area contributed by atoms with Crippen LogP contribution >= 0.6 is 0 Å². The van der Waals surface area contributed by atoms with Gasteiger partial charge in [-0.05, 0) is 6.92 Å². The van der Waals surface area contributed by atoms with E-state index < -0.39 is 29.9 Å². The molecule has 0 saturated carbocycles. The summed E-state index contributed by atoms with van der Waals surface area (Å²) in [7, 11) is 0. The van der Waals surface area contributed by atoms with Crippen molar-refractivity contribution in [2.75, 3.05) is 0 Å². The Morgan fingerprint density at radius 1 is 1.07 bits per heavy atom. The summed E-state index contributed by atoms with van der Waals surface area (Å²) in [5.74, 6) is -1.15. The number of aliphatic hydroxyl groups excluding tert-OH is 1. The van der Waals surface area contributed by atoms with Crippen molar-refractivity contribution in [1.82, 2.24) is 0 Å². The standard InChI is InChI=1S/C7H8F6O/c1-4(14)3-5(2,6(8,9)10)7(11,12)13/h14H,1,3H2,2H3. The number of hydrogen-bond donors (Lipinski definition) is 1. The van der Waals surface area contributed by atoms with Gasteiger partial charge in [-0.25, -0.2) is 0 Å². The number of aliphatic hydroxyl groups is 1. The van der Waals surface area contributed by atoms with Crippen molar-refractivity contribution in [3.05, 3.63) is 12.3 Å². The second-order valence-electron chi connectivity index (χ2n) is 3.07. The Labute approximate surface area is 76.0 Å². The molecule has 0 saturated heterocycles. The Bertz CT molecular complexity index is 211. The minimum absolute atomic E-state index is 0.0194. The smallest absolute Gasteiger partial charge is 0.403 e. The van der Waals surface area contributed by atoms with Crippen LogP contribution in [0.15, 0.2) is 12.3 Å². The van der Waals surface area contributed by atoms with Crippen LogP contribution in [0.2, 0.25) is 0 Å². The Balaban J connectivity index is 5.18. The van der Waals surface area contributed by atoms with Gasteiger partial charge in [0.25, 0.3) is 0 Å². The van der Waals surface area contributed by atoms with E-state index in [-0.39, 0.29) is 6.92 Å². The zero-order valence-electron chi connectivity index (χ0n) is 7.13. The molecule has 0 aliphatic rings. The van der Waals surface area contributed by atoms with Crippen molar-refractivity contribution in [1.29, 1.82) is 0 Å². The first-order chi connectivity index (χ1) is 5.92. The quantitative estimate of drug-likeness (QED) is 0.559. The van der Waals surface area contributed by atoms with Gasteiger partial charge >= 0.3 is 12.4 Å². The van der Waals surface area contributed by atoms with E-state index in [9.17, 15) is 26.3 Å². The summed E-state index contributed by atoms with van der Waals surface area (Å²) in [6, 6.07) is 0. The number of alkyl halides is 6. The topological polar surface area (TPSA) is 20.2 Å².